The minimum Gasteiger partial charge on any atom is -0.395 e. The zero-order valence-corrected chi connectivity index (χ0v) is 29.5. The average molecular weight is 712 g/mol. The largest absolute Gasteiger partial charge is 0.395 e. The lowest BCUT2D eigenvalue weighted by Crippen LogP contribution is -2.56. The Hall–Kier alpha value is -4.28. The molecule has 1 saturated heterocycles. The number of β-amino-alcohol motifs (C(OH)–C–C–N with tert-alkyl or cyclic N) is 1. The van der Waals surface area contributed by atoms with Crippen molar-refractivity contribution < 1.29 is 28.7 Å². The molecule has 270 valence electrons. The van der Waals surface area contributed by atoms with Crippen LogP contribution in [-0.2, 0) is 16.1 Å². The van der Waals surface area contributed by atoms with E-state index in [4.69, 9.17) is 0 Å². The summed E-state index contributed by atoms with van der Waals surface area (Å²) in [7, 11) is 0. The van der Waals surface area contributed by atoms with Crippen molar-refractivity contribution in [2.45, 2.75) is 71.0 Å². The molecule has 3 aromatic rings. The van der Waals surface area contributed by atoms with Crippen LogP contribution in [0.3, 0.4) is 0 Å². The highest BCUT2D eigenvalue weighted by Gasteiger charge is 2.36. The molecule has 4 amide bonds. The van der Waals surface area contributed by atoms with Gasteiger partial charge in [-0.1, -0.05) is 37.2 Å². The Bertz CT molecular complexity index is 1620. The molecule has 1 aromatic carbocycles. The van der Waals surface area contributed by atoms with Gasteiger partial charge in [-0.3, -0.25) is 28.8 Å². The Morgan fingerprint density at radius 2 is 1.78 bits per heavy atom. The number of carbonyl (C=O) groups is 4. The molecule has 2 aromatic heterocycles. The highest BCUT2D eigenvalue weighted by atomic mass is 32.1. The van der Waals surface area contributed by atoms with Crippen LogP contribution in [0.4, 0.5) is 10.1 Å². The number of hydrogen-bond donors (Lipinski definition) is 4. The van der Waals surface area contributed by atoms with Crippen molar-refractivity contribution in [2.24, 2.45) is 11.8 Å². The van der Waals surface area contributed by atoms with Gasteiger partial charge in [0.2, 0.25) is 11.8 Å². The first-order valence-corrected chi connectivity index (χ1v) is 18.0. The third-order valence-corrected chi connectivity index (χ3v) is 10.5. The number of anilines is 1. The van der Waals surface area contributed by atoms with Gasteiger partial charge in [-0.15, -0.1) is 5.10 Å². The molecule has 0 bridgehead atoms. The van der Waals surface area contributed by atoms with Crippen LogP contribution in [0.1, 0.15) is 78.1 Å². The number of aryl methyl sites for hydroxylation is 1. The molecule has 2 fully saturated rings. The van der Waals surface area contributed by atoms with Crippen molar-refractivity contribution in [3.05, 3.63) is 58.6 Å². The van der Waals surface area contributed by atoms with E-state index in [9.17, 15) is 24.3 Å². The molecule has 4 N–H and O–H groups in total. The van der Waals surface area contributed by atoms with E-state index in [-0.39, 0.29) is 29.0 Å². The second-order valence-corrected chi connectivity index (χ2v) is 13.9. The SMILES string of the molecule is CCn1nccc1C(=O)N[C@H](C(=O)Nc1ccc([C@H](C)[C@@H](NC(=O)c2cnns2)C(=O)N2CCN(CCO)CC2)cc1F)[C@H]1CC[C@H](C)CC1. The molecule has 14 nitrogen and oxygen atoms in total. The number of benzene rings is 1. The van der Waals surface area contributed by atoms with Gasteiger partial charge in [0.05, 0.1) is 18.5 Å². The average Bonchev–Trinajstić information content (AvgIpc) is 3.84. The van der Waals surface area contributed by atoms with E-state index in [1.807, 2.05) is 6.92 Å². The number of piperazine rings is 1. The molecule has 3 heterocycles. The number of aliphatic hydroxyl groups excluding tert-OH is 1. The van der Waals surface area contributed by atoms with Gasteiger partial charge in [-0.2, -0.15) is 5.10 Å². The zero-order chi connectivity index (χ0) is 35.8. The molecule has 0 radical (unpaired) electrons. The fourth-order valence-corrected chi connectivity index (χ4v) is 7.16. The number of halogens is 1. The molecule has 3 atom stereocenters. The summed E-state index contributed by atoms with van der Waals surface area (Å²) in [6, 6.07) is 4.01. The van der Waals surface area contributed by atoms with E-state index in [1.54, 1.807) is 28.6 Å². The maximum Gasteiger partial charge on any atom is 0.270 e. The number of nitrogens with zero attached hydrogens (tertiary/aromatic N) is 6. The summed E-state index contributed by atoms with van der Waals surface area (Å²) in [5, 5.41) is 25.6. The predicted molar refractivity (Wildman–Crippen MR) is 185 cm³/mol. The summed E-state index contributed by atoms with van der Waals surface area (Å²) in [6.07, 6.45) is 6.20. The molecule has 50 heavy (non-hydrogen) atoms. The maximum atomic E-state index is 15.8. The first-order valence-electron chi connectivity index (χ1n) is 17.2. The second kappa shape index (κ2) is 17.1. The third kappa shape index (κ3) is 8.89. The summed E-state index contributed by atoms with van der Waals surface area (Å²) < 4.78 is 21.1. The number of aromatic nitrogens is 4. The topological polar surface area (TPSA) is 175 Å². The normalized spacial score (nSPS) is 20.1. The number of carbonyl (C=O) groups excluding carboxylic acids is 4. The van der Waals surface area contributed by atoms with Crippen LogP contribution in [0.15, 0.2) is 36.7 Å². The molecule has 1 saturated carbocycles. The van der Waals surface area contributed by atoms with Crippen molar-refractivity contribution in [1.29, 1.82) is 0 Å². The summed E-state index contributed by atoms with van der Waals surface area (Å²) >= 11 is 0.901. The lowest BCUT2D eigenvalue weighted by molar-refractivity contribution is -0.135. The Labute approximate surface area is 294 Å². The Kier molecular flexibility index (Phi) is 12.6. The minimum atomic E-state index is -1.03. The van der Waals surface area contributed by atoms with Crippen molar-refractivity contribution in [3.8, 4) is 0 Å². The van der Waals surface area contributed by atoms with Gasteiger partial charge < -0.3 is 26.0 Å². The van der Waals surface area contributed by atoms with Crippen LogP contribution in [0, 0.1) is 17.7 Å². The monoisotopic (exact) mass is 711 g/mol. The second-order valence-electron chi connectivity index (χ2n) is 13.1. The van der Waals surface area contributed by atoms with Gasteiger partial charge in [0.15, 0.2) is 0 Å². The lowest BCUT2D eigenvalue weighted by atomic mass is 9.79. The van der Waals surface area contributed by atoms with Crippen molar-refractivity contribution in [1.82, 2.24) is 39.8 Å². The van der Waals surface area contributed by atoms with Crippen LogP contribution >= 0.6 is 11.5 Å². The van der Waals surface area contributed by atoms with Crippen LogP contribution in [-0.4, -0.2) is 109 Å². The van der Waals surface area contributed by atoms with Gasteiger partial charge in [0.25, 0.3) is 11.8 Å². The first kappa shape index (κ1) is 37.0. The van der Waals surface area contributed by atoms with Gasteiger partial charge in [0, 0.05) is 51.4 Å². The van der Waals surface area contributed by atoms with Crippen molar-refractivity contribution >= 4 is 40.8 Å². The highest BCUT2D eigenvalue weighted by Crippen LogP contribution is 2.32. The van der Waals surface area contributed by atoms with Gasteiger partial charge >= 0.3 is 0 Å². The minimum absolute atomic E-state index is 0.0229. The summed E-state index contributed by atoms with van der Waals surface area (Å²) in [5.74, 6) is -2.72. The van der Waals surface area contributed by atoms with E-state index in [1.165, 1.54) is 24.5 Å². The van der Waals surface area contributed by atoms with Crippen LogP contribution < -0.4 is 16.0 Å². The van der Waals surface area contributed by atoms with Crippen molar-refractivity contribution in [3.63, 3.8) is 0 Å². The molecule has 1 aliphatic heterocycles. The molecular weight excluding hydrogens is 665 g/mol. The number of aliphatic hydroxyl groups is 1. The third-order valence-electron chi connectivity index (χ3n) is 9.86. The number of rotatable bonds is 13. The van der Waals surface area contributed by atoms with E-state index >= 15 is 4.39 Å². The summed E-state index contributed by atoms with van der Waals surface area (Å²) in [6.45, 7) is 8.78. The van der Waals surface area contributed by atoms with E-state index in [0.717, 1.165) is 37.2 Å². The molecule has 1 aliphatic carbocycles. The molecule has 16 heteroatoms. The Balaban J connectivity index is 1.33. The number of nitrogens with one attached hydrogen (secondary N) is 3. The standard InChI is InChI=1S/C34H46FN9O5S/c1-4-44-27(11-12-37-44)31(46)40-30(23-7-5-21(2)6-8-23)33(48)38-26-10-9-24(19-25(26)35)22(3)29(39-32(47)28-20-36-41-50-28)34(49)43-15-13-42(14-16-43)17-18-45/h9-12,19-23,29-30,45H,4-8,13-18H2,1-3H3,(H,38,48)(H,39,47)(H,40,46)/t21-,22-,23-,29+,30-/m0/s1. The fourth-order valence-electron chi connectivity index (χ4n) is 6.74. The van der Waals surface area contributed by atoms with E-state index in [2.05, 4.69) is 42.5 Å². The predicted octanol–water partition coefficient (Wildman–Crippen LogP) is 2.50. The quantitative estimate of drug-likeness (QED) is 0.208. The van der Waals surface area contributed by atoms with Crippen molar-refractivity contribution in [2.75, 3.05) is 44.6 Å². The molecular formula is C34H46FN9O5S. The van der Waals surface area contributed by atoms with Gasteiger partial charge in [-0.05, 0) is 66.9 Å². The molecule has 2 aliphatic rings. The first-order chi connectivity index (χ1) is 24.1. The van der Waals surface area contributed by atoms with Crippen LogP contribution in [0.25, 0.3) is 0 Å². The molecule has 5 rings (SSSR count). The lowest BCUT2D eigenvalue weighted by Gasteiger charge is -2.37. The number of hydrogen-bond acceptors (Lipinski definition) is 10. The van der Waals surface area contributed by atoms with Gasteiger partial charge in [-0.25, -0.2) is 4.39 Å². The fraction of sp³-hybridized carbons (Fsp3) is 0.559. The summed E-state index contributed by atoms with van der Waals surface area (Å²) in [4.78, 5) is 57.9. The zero-order valence-electron chi connectivity index (χ0n) is 28.7. The van der Waals surface area contributed by atoms with Gasteiger partial charge in [0.1, 0.15) is 28.5 Å². The maximum absolute atomic E-state index is 15.8. The molecule has 0 spiro atoms. The number of amides is 4. The highest BCUT2D eigenvalue weighted by molar-refractivity contribution is 7.07. The van der Waals surface area contributed by atoms with Crippen LogP contribution in [0.5, 0.6) is 0 Å². The Morgan fingerprint density at radius 1 is 1.04 bits per heavy atom. The molecule has 0 unspecified atom stereocenters. The smallest absolute Gasteiger partial charge is 0.270 e. The Morgan fingerprint density at radius 3 is 2.42 bits per heavy atom. The van der Waals surface area contributed by atoms with Crippen LogP contribution in [0.2, 0.25) is 0 Å². The van der Waals surface area contributed by atoms with E-state index in [0.29, 0.717) is 56.4 Å². The van der Waals surface area contributed by atoms with E-state index < -0.39 is 41.5 Å². The summed E-state index contributed by atoms with van der Waals surface area (Å²) in [5.41, 5.74) is 0.726.